The lowest BCUT2D eigenvalue weighted by Gasteiger charge is -2.13. The van der Waals surface area contributed by atoms with E-state index in [9.17, 15) is 0 Å². The van der Waals surface area contributed by atoms with Crippen LogP contribution in [-0.2, 0) is 6.42 Å². The van der Waals surface area contributed by atoms with Gasteiger partial charge in [-0.1, -0.05) is 13.5 Å². The summed E-state index contributed by atoms with van der Waals surface area (Å²) in [5, 5.41) is 0. The standard InChI is InChI=1S/C13H18O2/c1-6-11-8-12(15-9(2)3)7-10(4)13(11)14-5/h7-8H,2,6H2,1,3-5H3. The molecule has 82 valence electrons. The van der Waals surface area contributed by atoms with Gasteiger partial charge >= 0.3 is 0 Å². The third kappa shape index (κ3) is 2.75. The Morgan fingerprint density at radius 1 is 1.40 bits per heavy atom. The molecule has 1 rings (SSSR count). The van der Waals surface area contributed by atoms with E-state index in [1.54, 1.807) is 7.11 Å². The van der Waals surface area contributed by atoms with Crippen molar-refractivity contribution in [1.29, 1.82) is 0 Å². The number of aryl methyl sites for hydroxylation is 2. The molecule has 0 bridgehead atoms. The molecule has 0 spiro atoms. The average molecular weight is 206 g/mol. The number of benzene rings is 1. The molecule has 2 heteroatoms. The highest BCUT2D eigenvalue weighted by molar-refractivity contribution is 5.47. The third-order valence-electron chi connectivity index (χ3n) is 2.20. The van der Waals surface area contributed by atoms with Crippen LogP contribution in [0.25, 0.3) is 0 Å². The SMILES string of the molecule is C=C(C)Oc1cc(C)c(OC)c(CC)c1. The highest BCUT2D eigenvalue weighted by Gasteiger charge is 2.08. The highest BCUT2D eigenvalue weighted by Crippen LogP contribution is 2.29. The Morgan fingerprint density at radius 2 is 2.07 bits per heavy atom. The van der Waals surface area contributed by atoms with Gasteiger partial charge in [-0.2, -0.15) is 0 Å². The second-order valence-corrected chi connectivity index (χ2v) is 3.59. The number of hydrogen-bond donors (Lipinski definition) is 0. The highest BCUT2D eigenvalue weighted by atomic mass is 16.5. The predicted molar refractivity (Wildman–Crippen MR) is 62.6 cm³/mol. The molecule has 1 aromatic carbocycles. The summed E-state index contributed by atoms with van der Waals surface area (Å²) in [4.78, 5) is 0. The van der Waals surface area contributed by atoms with Crippen LogP contribution in [0, 0.1) is 6.92 Å². The molecule has 0 fully saturated rings. The Kier molecular flexibility index (Phi) is 3.78. The van der Waals surface area contributed by atoms with E-state index < -0.39 is 0 Å². The van der Waals surface area contributed by atoms with Crippen molar-refractivity contribution in [1.82, 2.24) is 0 Å². The zero-order valence-corrected chi connectivity index (χ0v) is 9.89. The number of allylic oxidation sites excluding steroid dienone is 1. The van der Waals surface area contributed by atoms with Gasteiger partial charge in [-0.15, -0.1) is 0 Å². The van der Waals surface area contributed by atoms with Crippen LogP contribution in [0.1, 0.15) is 25.0 Å². The fraction of sp³-hybridized carbons (Fsp3) is 0.385. The molecular formula is C13H18O2. The van der Waals surface area contributed by atoms with E-state index in [2.05, 4.69) is 13.5 Å². The van der Waals surface area contributed by atoms with Gasteiger partial charge in [-0.3, -0.25) is 0 Å². The van der Waals surface area contributed by atoms with Crippen LogP contribution in [0.2, 0.25) is 0 Å². The lowest BCUT2D eigenvalue weighted by atomic mass is 10.1. The quantitative estimate of drug-likeness (QED) is 0.702. The zero-order valence-electron chi connectivity index (χ0n) is 9.89. The van der Waals surface area contributed by atoms with E-state index in [-0.39, 0.29) is 0 Å². The minimum absolute atomic E-state index is 0.696. The summed E-state index contributed by atoms with van der Waals surface area (Å²) >= 11 is 0. The van der Waals surface area contributed by atoms with Gasteiger partial charge in [0.1, 0.15) is 11.5 Å². The predicted octanol–water partition coefficient (Wildman–Crippen LogP) is 3.48. The van der Waals surface area contributed by atoms with Crippen LogP contribution in [0.15, 0.2) is 24.5 Å². The van der Waals surface area contributed by atoms with Crippen molar-refractivity contribution in [2.75, 3.05) is 7.11 Å². The summed E-state index contributed by atoms with van der Waals surface area (Å²) in [7, 11) is 1.70. The lowest BCUT2D eigenvalue weighted by Crippen LogP contribution is -1.96. The van der Waals surface area contributed by atoms with Gasteiger partial charge in [0, 0.05) is 0 Å². The van der Waals surface area contributed by atoms with Crippen molar-refractivity contribution in [2.24, 2.45) is 0 Å². The maximum Gasteiger partial charge on any atom is 0.127 e. The first-order valence-corrected chi connectivity index (χ1v) is 5.09. The fourth-order valence-electron chi connectivity index (χ4n) is 1.63. The molecule has 0 amide bonds. The molecular weight excluding hydrogens is 188 g/mol. The lowest BCUT2D eigenvalue weighted by molar-refractivity contribution is 0.400. The maximum absolute atomic E-state index is 5.49. The minimum Gasteiger partial charge on any atom is -0.496 e. The van der Waals surface area contributed by atoms with Crippen LogP contribution >= 0.6 is 0 Å². The number of ether oxygens (including phenoxy) is 2. The molecule has 0 heterocycles. The van der Waals surface area contributed by atoms with Crippen LogP contribution in [0.4, 0.5) is 0 Å². The van der Waals surface area contributed by atoms with E-state index in [1.165, 1.54) is 0 Å². The smallest absolute Gasteiger partial charge is 0.127 e. The van der Waals surface area contributed by atoms with Crippen molar-refractivity contribution in [2.45, 2.75) is 27.2 Å². The molecule has 15 heavy (non-hydrogen) atoms. The molecule has 0 saturated carbocycles. The van der Waals surface area contributed by atoms with Crippen LogP contribution < -0.4 is 9.47 Å². The molecule has 2 nitrogen and oxygen atoms in total. The molecule has 0 radical (unpaired) electrons. The van der Waals surface area contributed by atoms with Gasteiger partial charge in [0.25, 0.3) is 0 Å². The summed E-state index contributed by atoms with van der Waals surface area (Å²) in [6, 6.07) is 3.97. The molecule has 0 aliphatic carbocycles. The van der Waals surface area contributed by atoms with Gasteiger partial charge in [0.05, 0.1) is 12.9 Å². The first-order valence-electron chi connectivity index (χ1n) is 5.09. The molecule has 0 aromatic heterocycles. The number of rotatable bonds is 4. The minimum atomic E-state index is 0.696. The Balaban J connectivity index is 3.13. The summed E-state index contributed by atoms with van der Waals surface area (Å²) < 4.78 is 10.8. The van der Waals surface area contributed by atoms with E-state index in [0.717, 1.165) is 29.0 Å². The maximum atomic E-state index is 5.49. The van der Waals surface area contributed by atoms with Crippen molar-refractivity contribution in [3.05, 3.63) is 35.6 Å². The van der Waals surface area contributed by atoms with E-state index in [0.29, 0.717) is 5.76 Å². The van der Waals surface area contributed by atoms with Crippen molar-refractivity contribution in [3.63, 3.8) is 0 Å². The molecule has 1 aromatic rings. The Morgan fingerprint density at radius 3 is 2.53 bits per heavy atom. The molecule has 0 N–H and O–H groups in total. The van der Waals surface area contributed by atoms with Crippen molar-refractivity contribution in [3.8, 4) is 11.5 Å². The second-order valence-electron chi connectivity index (χ2n) is 3.59. The van der Waals surface area contributed by atoms with Gasteiger partial charge in [-0.25, -0.2) is 0 Å². The topological polar surface area (TPSA) is 18.5 Å². The average Bonchev–Trinajstić information content (AvgIpc) is 2.15. The third-order valence-corrected chi connectivity index (χ3v) is 2.20. The Labute approximate surface area is 91.5 Å². The van der Waals surface area contributed by atoms with Crippen molar-refractivity contribution >= 4 is 0 Å². The fourth-order valence-corrected chi connectivity index (χ4v) is 1.63. The normalized spacial score (nSPS) is 9.87. The van der Waals surface area contributed by atoms with Gasteiger partial charge in [0.15, 0.2) is 0 Å². The summed E-state index contributed by atoms with van der Waals surface area (Å²) in [6.07, 6.45) is 0.928. The van der Waals surface area contributed by atoms with Crippen LogP contribution in [-0.4, -0.2) is 7.11 Å². The first-order chi connectivity index (χ1) is 7.08. The Bertz CT molecular complexity index is 367. The van der Waals surface area contributed by atoms with Gasteiger partial charge in [0.2, 0.25) is 0 Å². The largest absolute Gasteiger partial charge is 0.496 e. The molecule has 0 atom stereocenters. The summed E-state index contributed by atoms with van der Waals surface area (Å²) in [5.41, 5.74) is 2.25. The van der Waals surface area contributed by atoms with E-state index >= 15 is 0 Å². The van der Waals surface area contributed by atoms with E-state index in [4.69, 9.17) is 9.47 Å². The number of hydrogen-bond acceptors (Lipinski definition) is 2. The number of methoxy groups -OCH3 is 1. The Hall–Kier alpha value is -1.44. The molecule has 0 aliphatic rings. The van der Waals surface area contributed by atoms with Crippen LogP contribution in [0.5, 0.6) is 11.5 Å². The zero-order chi connectivity index (χ0) is 11.4. The first kappa shape index (κ1) is 11.6. The summed E-state index contributed by atoms with van der Waals surface area (Å²) in [5.74, 6) is 2.48. The molecule has 0 aliphatic heterocycles. The van der Waals surface area contributed by atoms with Crippen molar-refractivity contribution < 1.29 is 9.47 Å². The van der Waals surface area contributed by atoms with Crippen LogP contribution in [0.3, 0.4) is 0 Å². The monoisotopic (exact) mass is 206 g/mol. The van der Waals surface area contributed by atoms with Gasteiger partial charge in [-0.05, 0) is 43.5 Å². The molecule has 0 unspecified atom stereocenters. The van der Waals surface area contributed by atoms with Gasteiger partial charge < -0.3 is 9.47 Å². The molecule has 0 saturated heterocycles. The summed E-state index contributed by atoms with van der Waals surface area (Å²) in [6.45, 7) is 9.68. The van der Waals surface area contributed by atoms with E-state index in [1.807, 2.05) is 26.0 Å². The second kappa shape index (κ2) is 4.87.